The van der Waals surface area contributed by atoms with Gasteiger partial charge in [0.05, 0.1) is 58.3 Å². The van der Waals surface area contributed by atoms with E-state index in [9.17, 15) is 9.59 Å². The predicted octanol–water partition coefficient (Wildman–Crippen LogP) is 4.71. The fourth-order valence-corrected chi connectivity index (χ4v) is 5.37. The van der Waals surface area contributed by atoms with Crippen LogP contribution in [-0.4, -0.2) is 108 Å². The third-order valence-electron chi connectivity index (χ3n) is 7.80. The van der Waals surface area contributed by atoms with Crippen molar-refractivity contribution in [1.82, 2.24) is 0 Å². The standard InChI is InChI=1S/C36H51N2O8/c1-28-27-32(13-11-31(28)12-14-35-36(4,5)33-9-7-8-10-34(33)37(35)6)38(15-17-41-19-21-43-23-25-45-29(2)39)16-18-42-20-22-44-24-26-46-30(3)40/h7-14,27H,15-26H2,1-6H3/q+1. The molecule has 0 aliphatic carbocycles. The molecule has 2 aromatic rings. The van der Waals surface area contributed by atoms with Crippen LogP contribution in [0.5, 0.6) is 0 Å². The summed E-state index contributed by atoms with van der Waals surface area (Å²) in [6.45, 7) is 14.8. The molecule has 3 rings (SSSR count). The molecule has 0 bridgehead atoms. The van der Waals surface area contributed by atoms with Crippen molar-refractivity contribution in [2.24, 2.45) is 0 Å². The number of rotatable bonds is 21. The fraction of sp³-hybridized carbons (Fsp3) is 0.528. The molecule has 0 radical (unpaired) electrons. The first-order chi connectivity index (χ1) is 22.1. The molecule has 0 spiro atoms. The van der Waals surface area contributed by atoms with Gasteiger partial charge in [0.15, 0.2) is 5.71 Å². The molecule has 2 aromatic carbocycles. The number of anilines is 1. The van der Waals surface area contributed by atoms with Crippen molar-refractivity contribution in [1.29, 1.82) is 0 Å². The molecule has 0 saturated carbocycles. The molecule has 10 heteroatoms. The minimum atomic E-state index is -0.315. The van der Waals surface area contributed by atoms with Crippen molar-refractivity contribution >= 4 is 35.1 Å². The largest absolute Gasteiger partial charge is 0.463 e. The Morgan fingerprint density at radius 3 is 1.78 bits per heavy atom. The number of carbonyl (C=O) groups excluding carboxylic acids is 2. The highest BCUT2D eigenvalue weighted by Crippen LogP contribution is 2.39. The lowest BCUT2D eigenvalue weighted by Gasteiger charge is -2.25. The number of allylic oxidation sites excluding steroid dienone is 1. The number of fused-ring (bicyclic) bond motifs is 1. The molecule has 46 heavy (non-hydrogen) atoms. The van der Waals surface area contributed by atoms with E-state index in [1.54, 1.807) is 0 Å². The molecule has 252 valence electrons. The Balaban J connectivity index is 1.56. The second-order valence-corrected chi connectivity index (χ2v) is 11.6. The summed E-state index contributed by atoms with van der Waals surface area (Å²) in [5, 5.41) is 0. The van der Waals surface area contributed by atoms with Crippen LogP contribution in [-0.2, 0) is 43.4 Å². The van der Waals surface area contributed by atoms with E-state index in [-0.39, 0.29) is 30.6 Å². The highest BCUT2D eigenvalue weighted by Gasteiger charge is 2.42. The maximum Gasteiger partial charge on any atom is 0.302 e. The van der Waals surface area contributed by atoms with Crippen molar-refractivity contribution in [2.75, 3.05) is 91.1 Å². The van der Waals surface area contributed by atoms with Gasteiger partial charge in [0.1, 0.15) is 20.3 Å². The molecular weight excluding hydrogens is 588 g/mol. The van der Waals surface area contributed by atoms with Crippen LogP contribution >= 0.6 is 0 Å². The first-order valence-electron chi connectivity index (χ1n) is 15.9. The molecule has 1 heterocycles. The number of benzene rings is 2. The number of esters is 2. The van der Waals surface area contributed by atoms with E-state index >= 15 is 0 Å². The first kappa shape index (κ1) is 36.9. The van der Waals surface area contributed by atoms with E-state index in [4.69, 9.17) is 28.4 Å². The average Bonchev–Trinajstić information content (AvgIpc) is 3.21. The lowest BCUT2D eigenvalue weighted by molar-refractivity contribution is -0.401. The molecule has 10 nitrogen and oxygen atoms in total. The van der Waals surface area contributed by atoms with E-state index in [1.165, 1.54) is 41.9 Å². The van der Waals surface area contributed by atoms with Gasteiger partial charge in [0.2, 0.25) is 5.69 Å². The summed E-state index contributed by atoms with van der Waals surface area (Å²) in [6, 6.07) is 15.1. The zero-order valence-corrected chi connectivity index (χ0v) is 28.3. The van der Waals surface area contributed by atoms with E-state index in [0.717, 1.165) is 5.69 Å². The van der Waals surface area contributed by atoms with Gasteiger partial charge in [-0.2, -0.15) is 4.58 Å². The zero-order chi connectivity index (χ0) is 33.4. The van der Waals surface area contributed by atoms with Crippen molar-refractivity contribution < 1.29 is 42.6 Å². The topological polar surface area (TPSA) is 95.8 Å². The number of carbonyl (C=O) groups is 2. The van der Waals surface area contributed by atoms with Crippen LogP contribution in [0.1, 0.15) is 44.4 Å². The third-order valence-corrected chi connectivity index (χ3v) is 7.80. The molecule has 0 amide bonds. The minimum Gasteiger partial charge on any atom is -0.463 e. The highest BCUT2D eigenvalue weighted by molar-refractivity contribution is 6.05. The second-order valence-electron chi connectivity index (χ2n) is 11.6. The van der Waals surface area contributed by atoms with Gasteiger partial charge in [-0.15, -0.1) is 0 Å². The van der Waals surface area contributed by atoms with Crippen LogP contribution in [0.3, 0.4) is 0 Å². The summed E-state index contributed by atoms with van der Waals surface area (Å²) in [4.78, 5) is 23.9. The third kappa shape index (κ3) is 11.7. The Morgan fingerprint density at radius 2 is 1.26 bits per heavy atom. The van der Waals surface area contributed by atoms with Crippen LogP contribution in [0.4, 0.5) is 11.4 Å². The maximum absolute atomic E-state index is 10.8. The van der Waals surface area contributed by atoms with E-state index in [0.29, 0.717) is 65.9 Å². The molecular formula is C36H51N2O8+. The Kier molecular flexibility index (Phi) is 15.4. The average molecular weight is 640 g/mol. The number of aryl methyl sites for hydroxylation is 1. The molecule has 0 fully saturated rings. The SMILES string of the molecule is CC(=O)OCCOCCOCCN(CCOCCOCCOC(C)=O)c1ccc(/C=C/C2=[N+](C)c3ccccc3C2(C)C)c(C)c1. The summed E-state index contributed by atoms with van der Waals surface area (Å²) in [5.74, 6) is -0.629. The van der Waals surface area contributed by atoms with Gasteiger partial charge in [-0.25, -0.2) is 0 Å². The molecule has 0 saturated heterocycles. The van der Waals surface area contributed by atoms with Crippen LogP contribution < -0.4 is 4.90 Å². The number of nitrogens with zero attached hydrogens (tertiary/aromatic N) is 2. The van der Waals surface area contributed by atoms with Gasteiger partial charge in [-0.05, 0) is 50.1 Å². The molecule has 0 N–H and O–H groups in total. The Labute approximate surface area is 273 Å². The second kappa shape index (κ2) is 19.2. The lowest BCUT2D eigenvalue weighted by atomic mass is 9.81. The first-order valence-corrected chi connectivity index (χ1v) is 15.9. The van der Waals surface area contributed by atoms with Crippen LogP contribution in [0.2, 0.25) is 0 Å². The summed E-state index contributed by atoms with van der Waals surface area (Å²) in [6.07, 6.45) is 4.45. The molecule has 1 aliphatic rings. The highest BCUT2D eigenvalue weighted by atomic mass is 16.6. The van der Waals surface area contributed by atoms with Crippen molar-refractivity contribution in [3.05, 3.63) is 65.2 Å². The molecule has 0 atom stereocenters. The number of hydrogen-bond donors (Lipinski definition) is 0. The number of hydrogen-bond acceptors (Lipinski definition) is 9. The zero-order valence-electron chi connectivity index (χ0n) is 28.3. The summed E-state index contributed by atoms with van der Waals surface area (Å²) < 4.78 is 34.6. The van der Waals surface area contributed by atoms with Gasteiger partial charge in [-0.3, -0.25) is 9.59 Å². The van der Waals surface area contributed by atoms with E-state index in [1.807, 2.05) is 0 Å². The normalized spacial score (nSPS) is 13.7. The maximum atomic E-state index is 10.8. The lowest BCUT2D eigenvalue weighted by Crippen LogP contribution is -2.31. The number of para-hydroxylation sites is 1. The predicted molar refractivity (Wildman–Crippen MR) is 179 cm³/mol. The van der Waals surface area contributed by atoms with Crippen molar-refractivity contribution in [3.8, 4) is 0 Å². The quantitative estimate of drug-likeness (QED) is 0.109. The van der Waals surface area contributed by atoms with Crippen LogP contribution in [0.25, 0.3) is 6.08 Å². The monoisotopic (exact) mass is 639 g/mol. The molecule has 0 aromatic heterocycles. The van der Waals surface area contributed by atoms with Crippen LogP contribution in [0.15, 0.2) is 48.5 Å². The van der Waals surface area contributed by atoms with Crippen LogP contribution in [0, 0.1) is 6.92 Å². The Morgan fingerprint density at radius 1 is 0.739 bits per heavy atom. The van der Waals surface area contributed by atoms with Crippen molar-refractivity contribution in [2.45, 2.75) is 40.0 Å². The molecule has 1 aliphatic heterocycles. The fourth-order valence-electron chi connectivity index (χ4n) is 5.37. The van der Waals surface area contributed by atoms with Gasteiger partial charge in [0.25, 0.3) is 0 Å². The number of ether oxygens (including phenoxy) is 6. The van der Waals surface area contributed by atoms with Gasteiger partial charge >= 0.3 is 11.9 Å². The van der Waals surface area contributed by atoms with E-state index < -0.39 is 0 Å². The van der Waals surface area contributed by atoms with Gasteiger partial charge in [0, 0.05) is 50.3 Å². The minimum absolute atomic E-state index is 0.0762. The van der Waals surface area contributed by atoms with Crippen molar-refractivity contribution in [3.63, 3.8) is 0 Å². The summed E-state index contributed by atoms with van der Waals surface area (Å²) in [5.41, 5.74) is 7.22. The van der Waals surface area contributed by atoms with Gasteiger partial charge < -0.3 is 33.3 Å². The Hall–Kier alpha value is -3.57. The molecule has 0 unspecified atom stereocenters. The van der Waals surface area contributed by atoms with Gasteiger partial charge in [-0.1, -0.05) is 24.3 Å². The smallest absolute Gasteiger partial charge is 0.302 e. The van der Waals surface area contributed by atoms with E-state index in [2.05, 4.69) is 91.9 Å². The summed E-state index contributed by atoms with van der Waals surface area (Å²) in [7, 11) is 2.13. The summed E-state index contributed by atoms with van der Waals surface area (Å²) >= 11 is 0. The Bertz CT molecular complexity index is 1310.